The van der Waals surface area contributed by atoms with E-state index in [1.54, 1.807) is 25.5 Å². The molecule has 2 aromatic carbocycles. The van der Waals surface area contributed by atoms with Crippen molar-refractivity contribution in [2.45, 2.75) is 31.1 Å². The Hall–Kier alpha value is -4.13. The van der Waals surface area contributed by atoms with Gasteiger partial charge in [-0.1, -0.05) is 31.0 Å². The van der Waals surface area contributed by atoms with Crippen molar-refractivity contribution in [3.63, 3.8) is 0 Å². The number of fused-ring (bicyclic) bond motifs is 2. The summed E-state index contributed by atoms with van der Waals surface area (Å²) in [5.74, 6) is 0.988. The summed E-state index contributed by atoms with van der Waals surface area (Å²) in [5.41, 5.74) is 3.71. The number of aryl methyl sites for hydroxylation is 1. The molecule has 1 fully saturated rings. The van der Waals surface area contributed by atoms with Gasteiger partial charge in [0.15, 0.2) is 5.75 Å². The molecule has 7 nitrogen and oxygen atoms in total. The highest BCUT2D eigenvalue weighted by Crippen LogP contribution is 2.53. The number of rotatable bonds is 4. The van der Waals surface area contributed by atoms with Gasteiger partial charge in [-0.25, -0.2) is 4.68 Å². The predicted molar refractivity (Wildman–Crippen MR) is 130 cm³/mol. The molecule has 2 aromatic heterocycles. The summed E-state index contributed by atoms with van der Waals surface area (Å²) < 4.78 is 9.61. The van der Waals surface area contributed by atoms with Gasteiger partial charge in [0.1, 0.15) is 5.75 Å². The Balaban J connectivity index is 1.53. The van der Waals surface area contributed by atoms with E-state index in [0.29, 0.717) is 17.2 Å². The average Bonchev–Trinajstić information content (AvgIpc) is 3.58. The van der Waals surface area contributed by atoms with E-state index >= 15 is 0 Å². The van der Waals surface area contributed by atoms with Crippen LogP contribution < -0.4 is 15.6 Å². The minimum Gasteiger partial charge on any atom is -0.455 e. The van der Waals surface area contributed by atoms with E-state index in [4.69, 9.17) is 4.74 Å². The van der Waals surface area contributed by atoms with Crippen molar-refractivity contribution in [3.8, 4) is 28.4 Å². The Kier molecular flexibility index (Phi) is 4.65. The van der Waals surface area contributed by atoms with Crippen LogP contribution in [0, 0.1) is 0 Å². The Morgan fingerprint density at radius 1 is 1.00 bits per heavy atom. The van der Waals surface area contributed by atoms with Crippen LogP contribution in [0.15, 0.2) is 77.9 Å². The van der Waals surface area contributed by atoms with Gasteiger partial charge in [0.25, 0.3) is 5.56 Å². The van der Waals surface area contributed by atoms with Crippen LogP contribution >= 0.6 is 0 Å². The molecule has 0 radical (unpaired) electrons. The molecular formula is C27H24N4O3. The summed E-state index contributed by atoms with van der Waals surface area (Å²) in [6.45, 7) is 0. The lowest BCUT2D eigenvalue weighted by atomic mass is 9.79. The molecule has 1 aliphatic heterocycles. The summed E-state index contributed by atoms with van der Waals surface area (Å²) >= 11 is 0. The van der Waals surface area contributed by atoms with E-state index in [-0.39, 0.29) is 11.5 Å². The number of aromatic nitrogens is 3. The Labute approximate surface area is 196 Å². The molecule has 6 rings (SSSR count). The molecule has 0 saturated heterocycles. The summed E-state index contributed by atoms with van der Waals surface area (Å²) in [5, 5.41) is 7.64. The van der Waals surface area contributed by atoms with Crippen molar-refractivity contribution in [1.29, 1.82) is 0 Å². The first-order valence-corrected chi connectivity index (χ1v) is 11.5. The van der Waals surface area contributed by atoms with Crippen LogP contribution in [-0.4, -0.2) is 20.3 Å². The van der Waals surface area contributed by atoms with Gasteiger partial charge in [0.2, 0.25) is 5.91 Å². The van der Waals surface area contributed by atoms with Crippen molar-refractivity contribution in [1.82, 2.24) is 14.3 Å². The molecule has 170 valence electrons. The van der Waals surface area contributed by atoms with Crippen molar-refractivity contribution < 1.29 is 9.53 Å². The van der Waals surface area contributed by atoms with Gasteiger partial charge in [-0.15, -0.1) is 0 Å². The zero-order chi connectivity index (χ0) is 23.3. The van der Waals surface area contributed by atoms with Crippen molar-refractivity contribution in [3.05, 3.63) is 89.0 Å². The van der Waals surface area contributed by atoms with Crippen LogP contribution in [0.5, 0.6) is 11.5 Å². The highest BCUT2D eigenvalue weighted by molar-refractivity contribution is 6.08. The number of nitrogens with one attached hydrogen (secondary N) is 1. The molecule has 34 heavy (non-hydrogen) atoms. The average molecular weight is 453 g/mol. The number of anilines is 1. The van der Waals surface area contributed by atoms with Crippen LogP contribution in [0.2, 0.25) is 0 Å². The maximum Gasteiger partial charge on any atom is 0.253 e. The number of pyridine rings is 1. The maximum absolute atomic E-state index is 13.2. The van der Waals surface area contributed by atoms with Gasteiger partial charge in [-0.05, 0) is 54.8 Å². The van der Waals surface area contributed by atoms with Gasteiger partial charge < -0.3 is 14.6 Å². The number of amides is 1. The molecule has 2 aliphatic rings. The molecule has 4 aromatic rings. The van der Waals surface area contributed by atoms with Crippen molar-refractivity contribution >= 4 is 11.6 Å². The summed E-state index contributed by atoms with van der Waals surface area (Å²) in [4.78, 5) is 25.4. The molecular weight excluding hydrogens is 428 g/mol. The normalized spacial score (nSPS) is 16.0. The molecule has 1 saturated carbocycles. The first-order chi connectivity index (χ1) is 16.5. The van der Waals surface area contributed by atoms with Gasteiger partial charge in [-0.2, -0.15) is 5.10 Å². The van der Waals surface area contributed by atoms with Crippen LogP contribution in [0.25, 0.3) is 16.9 Å². The van der Waals surface area contributed by atoms with E-state index < -0.39 is 5.41 Å². The molecule has 7 heteroatoms. The minimum atomic E-state index is -0.534. The topological polar surface area (TPSA) is 78.2 Å². The largest absolute Gasteiger partial charge is 0.455 e. The molecule has 1 amide bonds. The molecule has 0 unspecified atom stereocenters. The lowest BCUT2D eigenvalue weighted by Crippen LogP contribution is -2.30. The smallest absolute Gasteiger partial charge is 0.253 e. The minimum absolute atomic E-state index is 0.0301. The molecule has 0 bridgehead atoms. The standard InChI is InChI=1S/C27H24N4O3/c1-30-14-10-20(17-24(30)32)34-23-16-18(22-9-13-28-31(22)19-7-3-2-4-8-19)15-21-25(23)29-26(33)27(21)11-5-6-12-27/h2-4,7-10,13-17H,5-6,11-12H2,1H3,(H,29,33). The summed E-state index contributed by atoms with van der Waals surface area (Å²) in [6.07, 6.45) is 7.11. The molecule has 1 spiro atoms. The SMILES string of the molecule is Cn1ccc(Oc2cc(-c3ccnn3-c3ccccc3)cc3c2NC(=O)C32CCCC2)cc1=O. The van der Waals surface area contributed by atoms with Gasteiger partial charge in [0.05, 0.1) is 28.7 Å². The Bertz CT molecular complexity index is 1460. The van der Waals surface area contributed by atoms with E-state index in [2.05, 4.69) is 16.5 Å². The van der Waals surface area contributed by atoms with Gasteiger partial charge in [0, 0.05) is 24.9 Å². The second-order valence-corrected chi connectivity index (χ2v) is 9.02. The number of hydrogen-bond acceptors (Lipinski definition) is 4. The number of ether oxygens (including phenoxy) is 1. The van der Waals surface area contributed by atoms with E-state index in [1.165, 1.54) is 10.6 Å². The van der Waals surface area contributed by atoms with Crippen LogP contribution in [-0.2, 0) is 17.3 Å². The lowest BCUT2D eigenvalue weighted by molar-refractivity contribution is -0.120. The Morgan fingerprint density at radius 3 is 2.56 bits per heavy atom. The Morgan fingerprint density at radius 2 is 1.79 bits per heavy atom. The van der Waals surface area contributed by atoms with Crippen molar-refractivity contribution in [2.24, 2.45) is 7.05 Å². The molecule has 0 atom stereocenters. The third-order valence-electron chi connectivity index (χ3n) is 6.99. The third kappa shape index (κ3) is 3.15. The lowest BCUT2D eigenvalue weighted by Gasteiger charge is -2.22. The summed E-state index contributed by atoms with van der Waals surface area (Å²) in [6, 6.07) is 19.1. The highest BCUT2D eigenvalue weighted by atomic mass is 16.5. The second kappa shape index (κ2) is 7.73. The van der Waals surface area contributed by atoms with E-state index in [9.17, 15) is 9.59 Å². The van der Waals surface area contributed by atoms with Crippen LogP contribution in [0.4, 0.5) is 5.69 Å². The summed E-state index contributed by atoms with van der Waals surface area (Å²) in [7, 11) is 1.69. The quantitative estimate of drug-likeness (QED) is 0.483. The number of hydrogen-bond donors (Lipinski definition) is 1. The maximum atomic E-state index is 13.2. The van der Waals surface area contributed by atoms with E-state index in [1.807, 2.05) is 47.1 Å². The second-order valence-electron chi connectivity index (χ2n) is 9.02. The highest BCUT2D eigenvalue weighted by Gasteiger charge is 2.49. The fourth-order valence-corrected chi connectivity index (χ4v) is 5.20. The third-order valence-corrected chi connectivity index (χ3v) is 6.99. The van der Waals surface area contributed by atoms with E-state index in [0.717, 1.165) is 48.2 Å². The number of para-hydroxylation sites is 1. The first kappa shape index (κ1) is 20.5. The molecule has 1 aliphatic carbocycles. The van der Waals surface area contributed by atoms with Crippen molar-refractivity contribution in [2.75, 3.05) is 5.32 Å². The number of benzene rings is 2. The monoisotopic (exact) mass is 452 g/mol. The number of nitrogens with zero attached hydrogens (tertiary/aromatic N) is 3. The predicted octanol–water partition coefficient (Wildman–Crippen LogP) is 4.79. The number of carbonyl (C=O) groups excluding carboxylic acids is 1. The van der Waals surface area contributed by atoms with Gasteiger partial charge in [-0.3, -0.25) is 9.59 Å². The number of carbonyl (C=O) groups is 1. The zero-order valence-corrected chi connectivity index (χ0v) is 18.8. The van der Waals surface area contributed by atoms with Crippen LogP contribution in [0.1, 0.15) is 31.2 Å². The fraction of sp³-hybridized carbons (Fsp3) is 0.222. The van der Waals surface area contributed by atoms with Gasteiger partial charge >= 0.3 is 0 Å². The zero-order valence-electron chi connectivity index (χ0n) is 18.8. The first-order valence-electron chi connectivity index (χ1n) is 11.5. The molecule has 1 N–H and O–H groups in total. The van der Waals surface area contributed by atoms with Crippen LogP contribution in [0.3, 0.4) is 0 Å². The molecule has 3 heterocycles. The fourth-order valence-electron chi connectivity index (χ4n) is 5.20.